The maximum atomic E-state index is 13.3. The lowest BCUT2D eigenvalue weighted by Gasteiger charge is -2.24. The molecule has 0 spiro atoms. The van der Waals surface area contributed by atoms with Crippen molar-refractivity contribution in [1.82, 2.24) is 9.97 Å². The van der Waals surface area contributed by atoms with Crippen molar-refractivity contribution in [3.8, 4) is 17.4 Å². The Balaban J connectivity index is 1.66. The van der Waals surface area contributed by atoms with Gasteiger partial charge in [-0.25, -0.2) is 18.2 Å². The SMILES string of the molecule is COc1c(NC(=O)Nc2ccc(Oc3cc(C)nc(C(C)C)n3)c3ccccc23)cc(C(C)(C)C)cc1NS(C)(=O)=O. The smallest absolute Gasteiger partial charge is 0.323 e. The van der Waals surface area contributed by atoms with Crippen LogP contribution >= 0.6 is 0 Å². The number of benzene rings is 3. The fourth-order valence-electron chi connectivity index (χ4n) is 4.38. The lowest BCUT2D eigenvalue weighted by Crippen LogP contribution is -2.22. The summed E-state index contributed by atoms with van der Waals surface area (Å²) >= 11 is 0. The molecule has 0 atom stereocenters. The van der Waals surface area contributed by atoms with Gasteiger partial charge in [0.05, 0.1) is 30.4 Å². The number of amides is 2. The molecule has 11 heteroatoms. The van der Waals surface area contributed by atoms with Gasteiger partial charge in [-0.2, -0.15) is 4.98 Å². The zero-order valence-corrected chi connectivity index (χ0v) is 25.9. The number of methoxy groups -OCH3 is 1. The van der Waals surface area contributed by atoms with E-state index in [0.29, 0.717) is 28.8 Å². The van der Waals surface area contributed by atoms with Gasteiger partial charge in [0.15, 0.2) is 5.75 Å². The molecule has 0 radical (unpaired) electrons. The molecule has 222 valence electrons. The summed E-state index contributed by atoms with van der Waals surface area (Å²) in [7, 11) is -2.19. The van der Waals surface area contributed by atoms with Gasteiger partial charge in [0.2, 0.25) is 15.9 Å². The molecule has 0 aliphatic heterocycles. The summed E-state index contributed by atoms with van der Waals surface area (Å²) < 4.78 is 38.3. The molecular formula is C31H37N5O5S. The molecule has 0 aliphatic carbocycles. The van der Waals surface area contributed by atoms with Crippen molar-refractivity contribution in [2.24, 2.45) is 0 Å². The second kappa shape index (κ2) is 11.8. The number of aromatic nitrogens is 2. The number of carbonyl (C=O) groups excluding carboxylic acids is 1. The highest BCUT2D eigenvalue weighted by atomic mass is 32.2. The van der Waals surface area contributed by atoms with Crippen LogP contribution in [0.1, 0.15) is 57.6 Å². The van der Waals surface area contributed by atoms with Crippen molar-refractivity contribution in [3.05, 3.63) is 71.7 Å². The third-order valence-electron chi connectivity index (χ3n) is 6.41. The molecule has 42 heavy (non-hydrogen) atoms. The molecule has 0 bridgehead atoms. The quantitative estimate of drug-likeness (QED) is 0.198. The molecule has 4 aromatic rings. The van der Waals surface area contributed by atoms with Crippen LogP contribution in [0.4, 0.5) is 21.9 Å². The monoisotopic (exact) mass is 591 g/mol. The van der Waals surface area contributed by atoms with Crippen LogP contribution in [0, 0.1) is 6.92 Å². The van der Waals surface area contributed by atoms with Gasteiger partial charge in [0.1, 0.15) is 11.6 Å². The lowest BCUT2D eigenvalue weighted by atomic mass is 9.86. The molecular weight excluding hydrogens is 554 g/mol. The average molecular weight is 592 g/mol. The fraction of sp³-hybridized carbons (Fsp3) is 0.323. The largest absolute Gasteiger partial charge is 0.492 e. The Kier molecular flexibility index (Phi) is 8.63. The van der Waals surface area contributed by atoms with Gasteiger partial charge in [0, 0.05) is 28.5 Å². The van der Waals surface area contributed by atoms with Crippen molar-refractivity contribution in [2.75, 3.05) is 28.7 Å². The maximum Gasteiger partial charge on any atom is 0.323 e. The first-order valence-corrected chi connectivity index (χ1v) is 15.4. The number of sulfonamides is 1. The molecule has 0 saturated heterocycles. The van der Waals surface area contributed by atoms with Gasteiger partial charge in [-0.05, 0) is 42.2 Å². The molecule has 2 amide bonds. The lowest BCUT2D eigenvalue weighted by molar-refractivity contribution is 0.262. The van der Waals surface area contributed by atoms with Gasteiger partial charge in [-0.3, -0.25) is 4.72 Å². The van der Waals surface area contributed by atoms with E-state index in [9.17, 15) is 13.2 Å². The number of urea groups is 1. The predicted molar refractivity (Wildman–Crippen MR) is 168 cm³/mol. The third-order valence-corrected chi connectivity index (χ3v) is 7.00. The summed E-state index contributed by atoms with van der Waals surface area (Å²) in [6.07, 6.45) is 1.06. The van der Waals surface area contributed by atoms with E-state index in [1.807, 2.05) is 65.8 Å². The van der Waals surface area contributed by atoms with Crippen molar-refractivity contribution in [1.29, 1.82) is 0 Å². The summed E-state index contributed by atoms with van der Waals surface area (Å²) in [5.41, 5.74) is 2.38. The summed E-state index contributed by atoms with van der Waals surface area (Å²) in [4.78, 5) is 22.3. The molecule has 0 saturated carbocycles. The number of hydrogen-bond acceptors (Lipinski definition) is 7. The molecule has 0 unspecified atom stereocenters. The van der Waals surface area contributed by atoms with Crippen molar-refractivity contribution < 1.29 is 22.7 Å². The van der Waals surface area contributed by atoms with Gasteiger partial charge < -0.3 is 20.1 Å². The van der Waals surface area contributed by atoms with Crippen LogP contribution in [-0.4, -0.2) is 37.8 Å². The first kappa shape index (κ1) is 30.6. The fourth-order valence-corrected chi connectivity index (χ4v) is 4.93. The summed E-state index contributed by atoms with van der Waals surface area (Å²) in [5, 5.41) is 7.28. The predicted octanol–water partition coefficient (Wildman–Crippen LogP) is 7.18. The Labute approximate surface area is 246 Å². The maximum absolute atomic E-state index is 13.3. The Hall–Kier alpha value is -4.38. The number of hydrogen-bond donors (Lipinski definition) is 3. The van der Waals surface area contributed by atoms with Gasteiger partial charge >= 0.3 is 6.03 Å². The van der Waals surface area contributed by atoms with E-state index >= 15 is 0 Å². The van der Waals surface area contributed by atoms with E-state index < -0.39 is 16.1 Å². The number of rotatable bonds is 8. The number of ether oxygens (including phenoxy) is 2. The molecule has 1 aromatic heterocycles. The second-order valence-corrected chi connectivity index (χ2v) is 13.2. The number of aryl methyl sites for hydroxylation is 1. The van der Waals surface area contributed by atoms with Crippen LogP contribution in [0.15, 0.2) is 54.6 Å². The first-order chi connectivity index (χ1) is 19.6. The number of nitrogens with zero attached hydrogens (tertiary/aromatic N) is 2. The minimum absolute atomic E-state index is 0.148. The highest BCUT2D eigenvalue weighted by Crippen LogP contribution is 2.40. The van der Waals surface area contributed by atoms with Crippen LogP contribution < -0.4 is 24.8 Å². The van der Waals surface area contributed by atoms with Crippen molar-refractivity contribution in [3.63, 3.8) is 0 Å². The zero-order chi connectivity index (χ0) is 30.8. The molecule has 3 aromatic carbocycles. The Morgan fingerprint density at radius 2 is 1.55 bits per heavy atom. The third kappa shape index (κ3) is 7.27. The van der Waals surface area contributed by atoms with Crippen LogP contribution in [0.3, 0.4) is 0 Å². The summed E-state index contributed by atoms with van der Waals surface area (Å²) in [6.45, 7) is 11.9. The molecule has 0 fully saturated rings. The molecule has 0 aliphatic rings. The van der Waals surface area contributed by atoms with Gasteiger partial charge in [-0.15, -0.1) is 0 Å². The zero-order valence-electron chi connectivity index (χ0n) is 25.1. The van der Waals surface area contributed by atoms with Crippen LogP contribution in [0.5, 0.6) is 17.4 Å². The highest BCUT2D eigenvalue weighted by molar-refractivity contribution is 7.92. The Bertz CT molecular complexity index is 1750. The van der Waals surface area contributed by atoms with E-state index in [-0.39, 0.29) is 22.8 Å². The van der Waals surface area contributed by atoms with E-state index in [2.05, 4.69) is 25.3 Å². The first-order valence-electron chi connectivity index (χ1n) is 13.5. The van der Waals surface area contributed by atoms with E-state index in [0.717, 1.165) is 28.3 Å². The Morgan fingerprint density at radius 1 is 0.905 bits per heavy atom. The topological polar surface area (TPSA) is 132 Å². The normalized spacial score (nSPS) is 11.8. The number of nitrogens with one attached hydrogen (secondary N) is 3. The number of carbonyl (C=O) groups is 1. The highest BCUT2D eigenvalue weighted by Gasteiger charge is 2.22. The van der Waals surface area contributed by atoms with Crippen molar-refractivity contribution in [2.45, 2.75) is 52.9 Å². The van der Waals surface area contributed by atoms with E-state index in [1.165, 1.54) is 7.11 Å². The molecule has 3 N–H and O–H groups in total. The van der Waals surface area contributed by atoms with Gasteiger partial charge in [-0.1, -0.05) is 58.9 Å². The standard InChI is InChI=1S/C31H37N5O5S/c1-18(2)29-32-19(3)15-27(35-29)41-26-14-13-23(21-11-9-10-12-22(21)26)33-30(37)34-24-16-20(31(4,5)6)17-25(28(24)40-7)36-42(8,38)39/h9-18,36H,1-8H3,(H2,33,34,37). The number of fused-ring (bicyclic) bond motifs is 1. The van der Waals surface area contributed by atoms with Crippen LogP contribution in [-0.2, 0) is 15.4 Å². The number of anilines is 3. The molecule has 4 rings (SSSR count). The average Bonchev–Trinajstić information content (AvgIpc) is 2.88. The minimum Gasteiger partial charge on any atom is -0.492 e. The Morgan fingerprint density at radius 3 is 2.17 bits per heavy atom. The molecule has 10 nitrogen and oxygen atoms in total. The summed E-state index contributed by atoms with van der Waals surface area (Å²) in [6, 6.07) is 15.8. The molecule has 1 heterocycles. The minimum atomic E-state index is -3.60. The van der Waals surface area contributed by atoms with Crippen molar-refractivity contribution >= 4 is 43.9 Å². The van der Waals surface area contributed by atoms with E-state index in [1.54, 1.807) is 30.3 Å². The van der Waals surface area contributed by atoms with Crippen LogP contribution in [0.2, 0.25) is 0 Å². The van der Waals surface area contributed by atoms with Gasteiger partial charge in [0.25, 0.3) is 0 Å². The summed E-state index contributed by atoms with van der Waals surface area (Å²) in [5.74, 6) is 2.07. The van der Waals surface area contributed by atoms with Crippen LogP contribution in [0.25, 0.3) is 10.8 Å². The van der Waals surface area contributed by atoms with E-state index in [4.69, 9.17) is 9.47 Å². The second-order valence-electron chi connectivity index (χ2n) is 11.4.